The minimum absolute atomic E-state index is 0.0119. The van der Waals surface area contributed by atoms with E-state index in [1.165, 1.54) is 16.7 Å². The predicted octanol–water partition coefficient (Wildman–Crippen LogP) is 11.6. The second-order valence-electron chi connectivity index (χ2n) is 18.6. The molecule has 2 saturated carbocycles. The predicted molar refractivity (Wildman–Crippen MR) is 207 cm³/mol. The minimum Gasteiger partial charge on any atom is -0.458 e. The molecule has 0 amide bonds. The highest BCUT2D eigenvalue weighted by Crippen LogP contribution is 2.56. The lowest BCUT2D eigenvalue weighted by Crippen LogP contribution is -2.49. The van der Waals surface area contributed by atoms with Crippen LogP contribution in [-0.4, -0.2) is 53.1 Å². The number of carbonyl (C=O) groups is 1. The first-order chi connectivity index (χ1) is 21.9. The summed E-state index contributed by atoms with van der Waals surface area (Å²) in [6.07, 6.45) is 14.9. The number of fused-ring (bicyclic) bond motifs is 1. The van der Waals surface area contributed by atoms with Gasteiger partial charge in [-0.05, 0) is 123 Å². The summed E-state index contributed by atoms with van der Waals surface area (Å²) in [5.41, 5.74) is 4.85. The molecule has 1 unspecified atom stereocenters. The average Bonchev–Trinajstić information content (AvgIpc) is 3.32. The van der Waals surface area contributed by atoms with Crippen molar-refractivity contribution in [1.29, 1.82) is 0 Å². The van der Waals surface area contributed by atoms with E-state index in [-0.39, 0.29) is 46.4 Å². The summed E-state index contributed by atoms with van der Waals surface area (Å²) in [6, 6.07) is 0. The Morgan fingerprint density at radius 2 is 1.58 bits per heavy atom. The normalized spacial score (nSPS) is 28.4. The zero-order valence-corrected chi connectivity index (χ0v) is 35.7. The van der Waals surface area contributed by atoms with Crippen molar-refractivity contribution in [2.45, 2.75) is 188 Å². The molecule has 5 atom stereocenters. The quantitative estimate of drug-likeness (QED) is 0.115. The lowest BCUT2D eigenvalue weighted by Gasteiger charge is -2.45. The summed E-state index contributed by atoms with van der Waals surface area (Å²) >= 11 is 0. The van der Waals surface area contributed by atoms with Gasteiger partial charge in [0.05, 0.1) is 18.3 Å². The van der Waals surface area contributed by atoms with E-state index >= 15 is 0 Å². The smallest absolute Gasteiger partial charge is 0.332 e. The van der Waals surface area contributed by atoms with E-state index in [1.807, 2.05) is 6.92 Å². The highest BCUT2D eigenvalue weighted by Gasteiger charge is 2.47. The van der Waals surface area contributed by atoms with Gasteiger partial charge in [-0.1, -0.05) is 92.7 Å². The van der Waals surface area contributed by atoms with E-state index in [2.05, 4.69) is 120 Å². The van der Waals surface area contributed by atoms with E-state index in [4.69, 9.17) is 18.3 Å². The molecule has 274 valence electrons. The molecule has 0 aromatic heterocycles. The van der Waals surface area contributed by atoms with Crippen LogP contribution in [-0.2, 0) is 23.1 Å². The van der Waals surface area contributed by atoms with Crippen LogP contribution in [0.3, 0.4) is 0 Å². The lowest BCUT2D eigenvalue weighted by atomic mass is 9.63. The fourth-order valence-electron chi connectivity index (χ4n) is 7.23. The number of rotatable bonds is 12. The third-order valence-corrected chi connectivity index (χ3v) is 22.1. The fourth-order valence-corrected chi connectivity index (χ4v) is 9.90. The number of esters is 1. The van der Waals surface area contributed by atoms with E-state index in [0.717, 1.165) is 56.9 Å². The molecule has 0 aromatic rings. The van der Waals surface area contributed by atoms with Crippen LogP contribution >= 0.6 is 0 Å². The molecule has 3 aliphatic carbocycles. The lowest BCUT2D eigenvalue weighted by molar-refractivity contribution is -0.165. The molecule has 0 spiro atoms. The van der Waals surface area contributed by atoms with Crippen molar-refractivity contribution in [2.24, 2.45) is 11.3 Å². The first-order valence-electron chi connectivity index (χ1n) is 18.9. The van der Waals surface area contributed by atoms with Crippen LogP contribution in [0.2, 0.25) is 36.3 Å². The third kappa shape index (κ3) is 9.34. The molecule has 0 N–H and O–H groups in total. The summed E-state index contributed by atoms with van der Waals surface area (Å²) in [6.45, 7) is 38.6. The van der Waals surface area contributed by atoms with Gasteiger partial charge in [0.1, 0.15) is 12.2 Å². The molecule has 0 aliphatic heterocycles. The van der Waals surface area contributed by atoms with Crippen LogP contribution in [0.5, 0.6) is 0 Å². The molecule has 3 aliphatic rings. The SMILES string of the molecule is C=C1/C(=C\C=C2/CCC[C@]3(C)C(C(C)OCC(=O)OC(C)(CC)CC)=CC[C@@H]23)C[C@@H](O[Si](C)(C)C(C)(C)C)C[C@@H]1O[Si](C)(C)C(C)(C)C. The number of carbonyl (C=O) groups excluding carboxylic acids is 1. The molecule has 48 heavy (non-hydrogen) atoms. The van der Waals surface area contributed by atoms with Gasteiger partial charge < -0.3 is 18.3 Å². The van der Waals surface area contributed by atoms with E-state index in [1.54, 1.807) is 0 Å². The zero-order chi connectivity index (χ0) is 36.5. The Morgan fingerprint density at radius 3 is 2.15 bits per heavy atom. The Bertz CT molecular complexity index is 1260. The maximum absolute atomic E-state index is 12.7. The Labute approximate surface area is 297 Å². The van der Waals surface area contributed by atoms with Gasteiger partial charge in [-0.2, -0.15) is 0 Å². The van der Waals surface area contributed by atoms with Crippen LogP contribution in [0.15, 0.2) is 47.1 Å². The van der Waals surface area contributed by atoms with E-state index in [9.17, 15) is 4.79 Å². The monoisotopic (exact) mass is 700 g/mol. The van der Waals surface area contributed by atoms with Gasteiger partial charge in [0.2, 0.25) is 0 Å². The molecular weight excluding hydrogens is 629 g/mol. The molecule has 3 rings (SSSR count). The van der Waals surface area contributed by atoms with Gasteiger partial charge in [0.15, 0.2) is 16.6 Å². The number of ether oxygens (including phenoxy) is 2. The fraction of sp³-hybridized carbons (Fsp3) is 0.780. The van der Waals surface area contributed by atoms with Crippen LogP contribution in [0.1, 0.15) is 128 Å². The molecule has 2 fully saturated rings. The van der Waals surface area contributed by atoms with Gasteiger partial charge in [0.25, 0.3) is 0 Å². The second kappa shape index (κ2) is 15.2. The summed E-state index contributed by atoms with van der Waals surface area (Å²) in [4.78, 5) is 12.7. The van der Waals surface area contributed by atoms with Crippen molar-refractivity contribution in [3.05, 3.63) is 47.1 Å². The zero-order valence-electron chi connectivity index (χ0n) is 33.7. The summed E-state index contributed by atoms with van der Waals surface area (Å²) in [7, 11) is -3.98. The maximum atomic E-state index is 12.7. The van der Waals surface area contributed by atoms with Crippen LogP contribution in [0.4, 0.5) is 0 Å². The van der Waals surface area contributed by atoms with Crippen molar-refractivity contribution in [3.63, 3.8) is 0 Å². The van der Waals surface area contributed by atoms with Gasteiger partial charge >= 0.3 is 5.97 Å². The van der Waals surface area contributed by atoms with Crippen molar-refractivity contribution >= 4 is 22.6 Å². The van der Waals surface area contributed by atoms with E-state index < -0.39 is 22.2 Å². The highest BCUT2D eigenvalue weighted by atomic mass is 28.4. The van der Waals surface area contributed by atoms with Gasteiger partial charge in [-0.3, -0.25) is 0 Å². The molecule has 0 heterocycles. The highest BCUT2D eigenvalue weighted by molar-refractivity contribution is 6.74. The van der Waals surface area contributed by atoms with Crippen molar-refractivity contribution < 1.29 is 23.1 Å². The second-order valence-corrected chi connectivity index (χ2v) is 28.1. The molecular formula is C41H72O5Si2. The Balaban J connectivity index is 1.83. The molecule has 0 radical (unpaired) electrons. The van der Waals surface area contributed by atoms with E-state index in [0.29, 0.717) is 5.92 Å². The summed E-state index contributed by atoms with van der Waals surface area (Å²) < 4.78 is 26.1. The first kappa shape index (κ1) is 41.2. The maximum Gasteiger partial charge on any atom is 0.332 e. The Kier molecular flexibility index (Phi) is 13.0. The molecule has 0 saturated heterocycles. The third-order valence-electron chi connectivity index (χ3n) is 13.1. The minimum atomic E-state index is -2.02. The summed E-state index contributed by atoms with van der Waals surface area (Å²) in [5, 5.41) is 0.272. The summed E-state index contributed by atoms with van der Waals surface area (Å²) in [5.74, 6) is 0.165. The molecule has 0 aromatic carbocycles. The van der Waals surface area contributed by atoms with Crippen LogP contribution < -0.4 is 0 Å². The van der Waals surface area contributed by atoms with Crippen molar-refractivity contribution in [3.8, 4) is 0 Å². The van der Waals surface area contributed by atoms with Gasteiger partial charge in [-0.25, -0.2) is 4.79 Å². The molecule has 7 heteroatoms. The van der Waals surface area contributed by atoms with Gasteiger partial charge in [0, 0.05) is 6.42 Å². The van der Waals surface area contributed by atoms with Gasteiger partial charge in [-0.15, -0.1) is 0 Å². The molecule has 0 bridgehead atoms. The number of hydrogen-bond donors (Lipinski definition) is 0. The number of hydrogen-bond acceptors (Lipinski definition) is 5. The average molecular weight is 701 g/mol. The molecule has 5 nitrogen and oxygen atoms in total. The van der Waals surface area contributed by atoms with Crippen LogP contribution in [0.25, 0.3) is 0 Å². The topological polar surface area (TPSA) is 54.0 Å². The first-order valence-corrected chi connectivity index (χ1v) is 24.7. The van der Waals surface area contributed by atoms with Crippen molar-refractivity contribution in [2.75, 3.05) is 6.61 Å². The Morgan fingerprint density at radius 1 is 1.00 bits per heavy atom. The van der Waals surface area contributed by atoms with Crippen LogP contribution in [0, 0.1) is 11.3 Å². The van der Waals surface area contributed by atoms with Crippen molar-refractivity contribution in [1.82, 2.24) is 0 Å². The standard InChI is InChI=1S/C41H72O5Si2/c1-17-40(11,18-2)44-37(42)28-43-30(4)34-23-24-35-31(20-19-25-41(34,35)12)21-22-32-26-33(45-47(13,14)38(5,6)7)27-36(29(32)3)46-48(15,16)39(8,9)10/h21-23,30,33,35-36H,3,17-20,24-28H2,1-2,4-16H3/b31-21+,32-22-/t30?,33-,35+,36+,41-/m1/s1. The number of allylic oxidation sites excluding steroid dienone is 4. The largest absolute Gasteiger partial charge is 0.458 e. The Hall–Kier alpha value is -1.26.